The number of aromatic nitrogens is 3. The first-order valence-electron chi connectivity index (χ1n) is 6.00. The highest BCUT2D eigenvalue weighted by Crippen LogP contribution is 2.12. The van der Waals surface area contributed by atoms with Crippen LogP contribution in [0.3, 0.4) is 0 Å². The summed E-state index contributed by atoms with van der Waals surface area (Å²) in [5.74, 6) is 0.867. The highest BCUT2D eigenvalue weighted by atomic mass is 16.1. The summed E-state index contributed by atoms with van der Waals surface area (Å²) in [4.78, 5) is 16.5. The third-order valence-corrected chi connectivity index (χ3v) is 2.57. The van der Waals surface area contributed by atoms with E-state index in [-0.39, 0.29) is 5.91 Å². The minimum absolute atomic E-state index is 0.228. The van der Waals surface area contributed by atoms with Crippen LogP contribution in [0.15, 0.2) is 30.5 Å². The lowest BCUT2D eigenvalue weighted by Gasteiger charge is -2.07. The van der Waals surface area contributed by atoms with Gasteiger partial charge in [0.05, 0.1) is 0 Å². The minimum atomic E-state index is -0.228. The van der Waals surface area contributed by atoms with Crippen LogP contribution in [-0.2, 0) is 6.42 Å². The van der Waals surface area contributed by atoms with Crippen LogP contribution in [0.1, 0.15) is 23.0 Å². The van der Waals surface area contributed by atoms with Crippen molar-refractivity contribution in [2.24, 2.45) is 0 Å². The van der Waals surface area contributed by atoms with Gasteiger partial charge in [-0.05, 0) is 30.7 Å². The number of nitrogens with zero attached hydrogens (tertiary/aromatic N) is 3. The van der Waals surface area contributed by atoms with Crippen molar-refractivity contribution in [2.45, 2.75) is 13.3 Å². The van der Waals surface area contributed by atoms with Crippen LogP contribution in [-0.4, -0.2) is 28.1 Å². The van der Waals surface area contributed by atoms with E-state index < -0.39 is 0 Å². The maximum absolute atomic E-state index is 12.1. The zero-order chi connectivity index (χ0) is 13.7. The van der Waals surface area contributed by atoms with Crippen molar-refractivity contribution in [3.63, 3.8) is 0 Å². The highest BCUT2D eigenvalue weighted by molar-refractivity contribution is 6.04. The standard InChI is InChI=1S/C13H15N5O/c1-3-10-7-9(8-12(14-2)16-10)13(19)17-11-5-4-6-15-18-11/h4-8H,3H2,1-2H3,(H,14,16)(H,17,18,19). The lowest BCUT2D eigenvalue weighted by molar-refractivity contribution is 0.102. The molecule has 0 atom stereocenters. The Kier molecular flexibility index (Phi) is 4.02. The molecule has 19 heavy (non-hydrogen) atoms. The van der Waals surface area contributed by atoms with Gasteiger partial charge < -0.3 is 10.6 Å². The monoisotopic (exact) mass is 257 g/mol. The first-order chi connectivity index (χ1) is 9.22. The predicted molar refractivity (Wildman–Crippen MR) is 73.1 cm³/mol. The Morgan fingerprint density at radius 3 is 2.79 bits per heavy atom. The zero-order valence-corrected chi connectivity index (χ0v) is 10.8. The number of carbonyl (C=O) groups is 1. The molecule has 0 spiro atoms. The molecule has 6 heteroatoms. The molecule has 2 aromatic heterocycles. The number of amides is 1. The summed E-state index contributed by atoms with van der Waals surface area (Å²) in [5.41, 5.74) is 1.40. The Labute approximate surface area is 111 Å². The summed E-state index contributed by atoms with van der Waals surface area (Å²) >= 11 is 0. The second-order valence-electron chi connectivity index (χ2n) is 3.90. The second kappa shape index (κ2) is 5.90. The van der Waals surface area contributed by atoms with E-state index in [1.807, 2.05) is 6.92 Å². The van der Waals surface area contributed by atoms with Crippen LogP contribution in [0.25, 0.3) is 0 Å². The molecule has 0 fully saturated rings. The molecular weight excluding hydrogens is 242 g/mol. The molecular formula is C13H15N5O. The van der Waals surface area contributed by atoms with E-state index in [2.05, 4.69) is 25.8 Å². The first-order valence-corrected chi connectivity index (χ1v) is 6.00. The van der Waals surface area contributed by atoms with Gasteiger partial charge in [-0.3, -0.25) is 4.79 Å². The molecule has 0 saturated heterocycles. The van der Waals surface area contributed by atoms with Crippen LogP contribution in [0.2, 0.25) is 0 Å². The lowest BCUT2D eigenvalue weighted by atomic mass is 10.2. The normalized spacial score (nSPS) is 10.0. The van der Waals surface area contributed by atoms with Crippen LogP contribution in [0.4, 0.5) is 11.6 Å². The van der Waals surface area contributed by atoms with Crippen molar-refractivity contribution in [2.75, 3.05) is 17.7 Å². The van der Waals surface area contributed by atoms with Crippen LogP contribution >= 0.6 is 0 Å². The molecule has 0 aromatic carbocycles. The average Bonchev–Trinajstić information content (AvgIpc) is 2.47. The molecule has 2 heterocycles. The number of pyridine rings is 1. The summed E-state index contributed by atoms with van der Waals surface area (Å²) in [5, 5.41) is 13.2. The van der Waals surface area contributed by atoms with Gasteiger partial charge in [-0.15, -0.1) is 5.10 Å². The third kappa shape index (κ3) is 3.25. The van der Waals surface area contributed by atoms with E-state index in [0.717, 1.165) is 12.1 Å². The average molecular weight is 257 g/mol. The molecule has 6 nitrogen and oxygen atoms in total. The van der Waals surface area contributed by atoms with Gasteiger partial charge in [-0.2, -0.15) is 5.10 Å². The summed E-state index contributed by atoms with van der Waals surface area (Å²) in [6.45, 7) is 1.99. The number of aryl methyl sites for hydroxylation is 1. The molecule has 0 aliphatic rings. The maximum atomic E-state index is 12.1. The molecule has 0 aliphatic carbocycles. The smallest absolute Gasteiger partial charge is 0.257 e. The molecule has 1 amide bonds. The fourth-order valence-electron chi connectivity index (χ4n) is 1.58. The van der Waals surface area contributed by atoms with Crippen molar-refractivity contribution < 1.29 is 4.79 Å². The second-order valence-corrected chi connectivity index (χ2v) is 3.90. The van der Waals surface area contributed by atoms with Gasteiger partial charge in [0.2, 0.25) is 0 Å². The van der Waals surface area contributed by atoms with Gasteiger partial charge in [-0.1, -0.05) is 6.92 Å². The van der Waals surface area contributed by atoms with Crippen molar-refractivity contribution in [1.29, 1.82) is 0 Å². The van der Waals surface area contributed by atoms with Gasteiger partial charge in [-0.25, -0.2) is 4.98 Å². The van der Waals surface area contributed by atoms with E-state index in [0.29, 0.717) is 17.2 Å². The van der Waals surface area contributed by atoms with Gasteiger partial charge in [0, 0.05) is 24.5 Å². The van der Waals surface area contributed by atoms with Gasteiger partial charge in [0.25, 0.3) is 5.91 Å². The molecule has 2 aromatic rings. The Morgan fingerprint density at radius 1 is 1.32 bits per heavy atom. The molecule has 2 rings (SSSR count). The predicted octanol–water partition coefficient (Wildman–Crippen LogP) is 1.73. The Morgan fingerprint density at radius 2 is 2.16 bits per heavy atom. The summed E-state index contributed by atoms with van der Waals surface area (Å²) < 4.78 is 0. The van der Waals surface area contributed by atoms with Crippen molar-refractivity contribution >= 4 is 17.5 Å². The fourth-order valence-corrected chi connectivity index (χ4v) is 1.58. The van der Waals surface area contributed by atoms with Gasteiger partial charge >= 0.3 is 0 Å². The Balaban J connectivity index is 2.23. The van der Waals surface area contributed by atoms with Crippen LogP contribution in [0.5, 0.6) is 0 Å². The highest BCUT2D eigenvalue weighted by Gasteiger charge is 2.10. The van der Waals surface area contributed by atoms with E-state index >= 15 is 0 Å². The molecule has 0 saturated carbocycles. The van der Waals surface area contributed by atoms with Crippen molar-refractivity contribution in [3.8, 4) is 0 Å². The van der Waals surface area contributed by atoms with Crippen molar-refractivity contribution in [1.82, 2.24) is 15.2 Å². The number of nitrogens with one attached hydrogen (secondary N) is 2. The van der Waals surface area contributed by atoms with E-state index in [1.165, 1.54) is 0 Å². The van der Waals surface area contributed by atoms with E-state index in [9.17, 15) is 4.79 Å². The quantitative estimate of drug-likeness (QED) is 0.872. The molecule has 98 valence electrons. The summed E-state index contributed by atoms with van der Waals surface area (Å²) in [7, 11) is 1.77. The number of rotatable bonds is 4. The number of anilines is 2. The van der Waals surface area contributed by atoms with Gasteiger partial charge in [0.15, 0.2) is 5.82 Å². The third-order valence-electron chi connectivity index (χ3n) is 2.57. The Hall–Kier alpha value is -2.50. The first kappa shape index (κ1) is 12.9. The maximum Gasteiger partial charge on any atom is 0.257 e. The summed E-state index contributed by atoms with van der Waals surface area (Å²) in [6.07, 6.45) is 2.32. The number of carbonyl (C=O) groups excluding carboxylic acids is 1. The summed E-state index contributed by atoms with van der Waals surface area (Å²) in [6, 6.07) is 6.87. The lowest BCUT2D eigenvalue weighted by Crippen LogP contribution is -2.14. The van der Waals surface area contributed by atoms with E-state index in [4.69, 9.17) is 0 Å². The zero-order valence-electron chi connectivity index (χ0n) is 10.8. The van der Waals surface area contributed by atoms with Crippen molar-refractivity contribution in [3.05, 3.63) is 41.7 Å². The molecule has 0 aliphatic heterocycles. The fraction of sp³-hybridized carbons (Fsp3) is 0.231. The number of hydrogen-bond acceptors (Lipinski definition) is 5. The van der Waals surface area contributed by atoms with Crippen LogP contribution in [0, 0.1) is 0 Å². The minimum Gasteiger partial charge on any atom is -0.373 e. The topological polar surface area (TPSA) is 79.8 Å². The molecule has 0 radical (unpaired) electrons. The van der Waals surface area contributed by atoms with Crippen LogP contribution < -0.4 is 10.6 Å². The van der Waals surface area contributed by atoms with Gasteiger partial charge in [0.1, 0.15) is 5.82 Å². The molecule has 2 N–H and O–H groups in total. The molecule has 0 unspecified atom stereocenters. The van der Waals surface area contributed by atoms with E-state index in [1.54, 1.807) is 37.5 Å². The largest absolute Gasteiger partial charge is 0.373 e. The Bertz CT molecular complexity index is 548. The molecule has 0 bridgehead atoms. The SMILES string of the molecule is CCc1cc(C(=O)Nc2cccnn2)cc(NC)n1. The number of hydrogen-bond donors (Lipinski definition) is 2.